The molecule has 30 heavy (non-hydrogen) atoms. The topological polar surface area (TPSA) is 102 Å². The standard InChI is InChI=1S/C20H23N3O6S/c1-28-18-4-2-15-6-7-21(14-16(15)12-18)19-5-3-17(23(24)25)13-20(19)30(26,27)22-8-10-29-11-9-22/h2-5,12-13H,6-11,14H2,1H3. The van der Waals surface area contributed by atoms with E-state index in [1.54, 1.807) is 7.11 Å². The fraction of sp³-hybridized carbons (Fsp3) is 0.400. The number of nitro groups is 1. The maximum Gasteiger partial charge on any atom is 0.270 e. The highest BCUT2D eigenvalue weighted by Gasteiger charge is 2.32. The molecule has 0 amide bonds. The van der Waals surface area contributed by atoms with Crippen LogP contribution >= 0.6 is 0 Å². The third-order valence-corrected chi connectivity index (χ3v) is 7.44. The Morgan fingerprint density at radius 1 is 1.07 bits per heavy atom. The molecule has 0 saturated carbocycles. The summed E-state index contributed by atoms with van der Waals surface area (Å²) < 4.78 is 38.7. The van der Waals surface area contributed by atoms with Crippen molar-refractivity contribution in [1.82, 2.24) is 4.31 Å². The molecule has 0 unspecified atom stereocenters. The third-order valence-electron chi connectivity index (χ3n) is 5.51. The van der Waals surface area contributed by atoms with Gasteiger partial charge in [0, 0.05) is 38.3 Å². The minimum atomic E-state index is -3.91. The summed E-state index contributed by atoms with van der Waals surface area (Å²) in [6, 6.07) is 9.94. The zero-order valence-electron chi connectivity index (χ0n) is 16.6. The van der Waals surface area contributed by atoms with Crippen molar-refractivity contribution < 1.29 is 22.8 Å². The SMILES string of the molecule is COc1ccc2c(c1)CN(c1ccc([N+](=O)[O-])cc1S(=O)(=O)N1CCOCC1)CC2. The predicted molar refractivity (Wildman–Crippen MR) is 110 cm³/mol. The molecular formula is C20H23N3O6S. The summed E-state index contributed by atoms with van der Waals surface area (Å²) in [6.45, 7) is 2.18. The Morgan fingerprint density at radius 2 is 1.83 bits per heavy atom. The number of hydrogen-bond donors (Lipinski definition) is 0. The number of methoxy groups -OCH3 is 1. The second-order valence-corrected chi connectivity index (χ2v) is 9.14. The molecule has 0 radical (unpaired) electrons. The molecule has 1 saturated heterocycles. The van der Waals surface area contributed by atoms with Crippen molar-refractivity contribution in [2.24, 2.45) is 0 Å². The van der Waals surface area contributed by atoms with Crippen molar-refractivity contribution >= 4 is 21.4 Å². The number of sulfonamides is 1. The molecule has 0 aromatic heterocycles. The van der Waals surface area contributed by atoms with Crippen LogP contribution in [0, 0.1) is 10.1 Å². The van der Waals surface area contributed by atoms with Gasteiger partial charge in [0.25, 0.3) is 5.69 Å². The normalized spacial score (nSPS) is 17.4. The monoisotopic (exact) mass is 433 g/mol. The lowest BCUT2D eigenvalue weighted by Crippen LogP contribution is -2.41. The van der Waals surface area contributed by atoms with E-state index < -0.39 is 14.9 Å². The lowest BCUT2D eigenvalue weighted by atomic mass is 9.99. The summed E-state index contributed by atoms with van der Waals surface area (Å²) >= 11 is 0. The molecule has 0 bridgehead atoms. The van der Waals surface area contributed by atoms with Gasteiger partial charge in [0.05, 0.1) is 30.9 Å². The quantitative estimate of drug-likeness (QED) is 0.526. The van der Waals surface area contributed by atoms with Crippen molar-refractivity contribution in [3.63, 3.8) is 0 Å². The van der Waals surface area contributed by atoms with Gasteiger partial charge in [0.1, 0.15) is 10.6 Å². The van der Waals surface area contributed by atoms with Crippen LogP contribution in [0.1, 0.15) is 11.1 Å². The molecule has 2 aliphatic heterocycles. The molecule has 0 spiro atoms. The highest BCUT2D eigenvalue weighted by atomic mass is 32.2. The average molecular weight is 433 g/mol. The lowest BCUT2D eigenvalue weighted by molar-refractivity contribution is -0.385. The van der Waals surface area contributed by atoms with E-state index in [4.69, 9.17) is 9.47 Å². The molecule has 2 heterocycles. The molecule has 0 atom stereocenters. The highest BCUT2D eigenvalue weighted by Crippen LogP contribution is 2.35. The first-order chi connectivity index (χ1) is 14.4. The number of morpholine rings is 1. The van der Waals surface area contributed by atoms with Crippen molar-refractivity contribution in [2.75, 3.05) is 44.9 Å². The number of hydrogen-bond acceptors (Lipinski definition) is 7. The van der Waals surface area contributed by atoms with Crippen LogP contribution in [0.15, 0.2) is 41.3 Å². The Balaban J connectivity index is 1.75. The van der Waals surface area contributed by atoms with Crippen LogP contribution in [-0.4, -0.2) is 57.6 Å². The average Bonchev–Trinajstić information content (AvgIpc) is 2.78. The summed E-state index contributed by atoms with van der Waals surface area (Å²) in [5.74, 6) is 0.737. The van der Waals surface area contributed by atoms with Gasteiger partial charge in [-0.1, -0.05) is 6.07 Å². The van der Waals surface area contributed by atoms with Gasteiger partial charge in [-0.2, -0.15) is 4.31 Å². The lowest BCUT2D eigenvalue weighted by Gasteiger charge is -2.33. The Bertz CT molecular complexity index is 1070. The van der Waals surface area contributed by atoms with Crippen LogP contribution in [0.5, 0.6) is 5.75 Å². The zero-order valence-corrected chi connectivity index (χ0v) is 17.4. The van der Waals surface area contributed by atoms with Crippen molar-refractivity contribution in [1.29, 1.82) is 0 Å². The van der Waals surface area contributed by atoms with Crippen molar-refractivity contribution in [2.45, 2.75) is 17.9 Å². The van der Waals surface area contributed by atoms with E-state index in [1.807, 2.05) is 23.1 Å². The molecule has 10 heteroatoms. The van der Waals surface area contributed by atoms with E-state index >= 15 is 0 Å². The summed E-state index contributed by atoms with van der Waals surface area (Å²) in [5, 5.41) is 11.3. The second-order valence-electron chi connectivity index (χ2n) is 7.23. The minimum absolute atomic E-state index is 0.0371. The maximum atomic E-state index is 13.4. The van der Waals surface area contributed by atoms with Gasteiger partial charge in [-0.05, 0) is 35.7 Å². The van der Waals surface area contributed by atoms with E-state index in [0.29, 0.717) is 32.0 Å². The van der Waals surface area contributed by atoms with Gasteiger partial charge in [-0.3, -0.25) is 10.1 Å². The van der Waals surface area contributed by atoms with Crippen LogP contribution in [0.25, 0.3) is 0 Å². The summed E-state index contributed by atoms with van der Waals surface area (Å²) in [7, 11) is -2.30. The van der Waals surface area contributed by atoms with Crippen LogP contribution in [0.2, 0.25) is 0 Å². The number of non-ortho nitro benzene ring substituents is 1. The van der Waals surface area contributed by atoms with Gasteiger partial charge in [0.2, 0.25) is 10.0 Å². The third kappa shape index (κ3) is 3.85. The van der Waals surface area contributed by atoms with Gasteiger partial charge in [0.15, 0.2) is 0 Å². The summed E-state index contributed by atoms with van der Waals surface area (Å²) in [5.41, 5.74) is 2.46. The Morgan fingerprint density at radius 3 is 2.53 bits per heavy atom. The maximum absolute atomic E-state index is 13.4. The van der Waals surface area contributed by atoms with Crippen LogP contribution in [0.3, 0.4) is 0 Å². The Labute approximate surface area is 175 Å². The number of nitrogens with zero attached hydrogens (tertiary/aromatic N) is 3. The molecule has 2 aromatic carbocycles. The number of ether oxygens (including phenoxy) is 2. The number of fused-ring (bicyclic) bond motifs is 1. The molecule has 0 aliphatic carbocycles. The fourth-order valence-corrected chi connectivity index (χ4v) is 5.52. The molecular weight excluding hydrogens is 410 g/mol. The predicted octanol–water partition coefficient (Wildman–Crippen LogP) is 2.19. The van der Waals surface area contributed by atoms with E-state index in [-0.39, 0.29) is 23.7 Å². The van der Waals surface area contributed by atoms with Crippen molar-refractivity contribution in [3.8, 4) is 5.75 Å². The summed E-state index contributed by atoms with van der Waals surface area (Å²) in [4.78, 5) is 12.7. The molecule has 160 valence electrons. The van der Waals surface area contributed by atoms with Gasteiger partial charge in [-0.25, -0.2) is 8.42 Å². The number of nitro benzene ring substituents is 1. The molecule has 2 aliphatic rings. The second kappa shape index (κ2) is 8.21. The summed E-state index contributed by atoms with van der Waals surface area (Å²) in [6.07, 6.45) is 0.743. The molecule has 0 N–H and O–H groups in total. The van der Waals surface area contributed by atoms with Crippen LogP contribution < -0.4 is 9.64 Å². The van der Waals surface area contributed by atoms with E-state index in [0.717, 1.165) is 17.7 Å². The van der Waals surface area contributed by atoms with E-state index in [2.05, 4.69) is 0 Å². The van der Waals surface area contributed by atoms with E-state index in [1.165, 1.54) is 28.1 Å². The first kappa shape index (κ1) is 20.6. The minimum Gasteiger partial charge on any atom is -0.497 e. The first-order valence-electron chi connectivity index (χ1n) is 9.67. The smallest absolute Gasteiger partial charge is 0.270 e. The molecule has 4 rings (SSSR count). The number of rotatable bonds is 5. The molecule has 2 aromatic rings. The van der Waals surface area contributed by atoms with E-state index in [9.17, 15) is 18.5 Å². The van der Waals surface area contributed by atoms with Gasteiger partial charge < -0.3 is 14.4 Å². The first-order valence-corrected chi connectivity index (χ1v) is 11.1. The number of anilines is 1. The largest absolute Gasteiger partial charge is 0.497 e. The molecule has 9 nitrogen and oxygen atoms in total. The number of benzene rings is 2. The molecule has 1 fully saturated rings. The fourth-order valence-electron chi connectivity index (χ4n) is 3.88. The zero-order chi connectivity index (χ0) is 21.3. The van der Waals surface area contributed by atoms with Gasteiger partial charge in [-0.15, -0.1) is 0 Å². The highest BCUT2D eigenvalue weighted by molar-refractivity contribution is 7.89. The Kier molecular flexibility index (Phi) is 5.63. The van der Waals surface area contributed by atoms with Crippen LogP contribution in [0.4, 0.5) is 11.4 Å². The van der Waals surface area contributed by atoms with Gasteiger partial charge >= 0.3 is 0 Å². The van der Waals surface area contributed by atoms with Crippen LogP contribution in [-0.2, 0) is 27.7 Å². The van der Waals surface area contributed by atoms with Crippen molar-refractivity contribution in [3.05, 3.63) is 57.6 Å². The Hall–Kier alpha value is -2.69.